The van der Waals surface area contributed by atoms with Crippen LogP contribution in [-0.2, 0) is 0 Å². The molecule has 0 aliphatic heterocycles. The molecule has 0 spiro atoms. The van der Waals surface area contributed by atoms with E-state index in [1.807, 2.05) is 0 Å². The van der Waals surface area contributed by atoms with Gasteiger partial charge in [0.15, 0.2) is 11.6 Å². The van der Waals surface area contributed by atoms with Crippen LogP contribution in [0.15, 0.2) is 12.1 Å². The van der Waals surface area contributed by atoms with Crippen LogP contribution in [0.25, 0.3) is 0 Å². The summed E-state index contributed by atoms with van der Waals surface area (Å²) in [6, 6.07) is 2.70. The van der Waals surface area contributed by atoms with Crippen LogP contribution in [0.2, 0.25) is 0 Å². The molecule has 0 unspecified atom stereocenters. The van der Waals surface area contributed by atoms with Gasteiger partial charge in [0.05, 0.1) is 11.4 Å². The molecule has 0 aromatic heterocycles. The van der Waals surface area contributed by atoms with E-state index in [1.165, 1.54) is 6.07 Å². The van der Waals surface area contributed by atoms with Gasteiger partial charge in [-0.3, -0.25) is 0 Å². The average Bonchev–Trinajstić information content (AvgIpc) is 3.18. The fraction of sp³-hybridized carbons (Fsp3) is 0.600. The topological polar surface area (TPSA) is 38.5 Å². The summed E-state index contributed by atoms with van der Waals surface area (Å²) in [7, 11) is 0. The summed E-state index contributed by atoms with van der Waals surface area (Å²) < 4.78 is 42.5. The van der Waals surface area contributed by atoms with Crippen LogP contribution < -0.4 is 15.4 Å². The molecule has 0 bridgehead atoms. The van der Waals surface area contributed by atoms with Gasteiger partial charge in [-0.05, 0) is 25.2 Å². The summed E-state index contributed by atoms with van der Waals surface area (Å²) in [6.07, 6.45) is 3.04. The van der Waals surface area contributed by atoms with E-state index in [-0.39, 0.29) is 5.69 Å². The van der Waals surface area contributed by atoms with E-state index in [1.54, 1.807) is 0 Å². The van der Waals surface area contributed by atoms with Crippen molar-refractivity contribution in [2.45, 2.75) is 45.8 Å². The van der Waals surface area contributed by atoms with Gasteiger partial charge in [-0.25, -0.2) is 4.39 Å². The minimum Gasteiger partial charge on any atom is -0.432 e. The number of ether oxygens (including phenoxy) is 1. The van der Waals surface area contributed by atoms with E-state index in [2.05, 4.69) is 23.5 Å². The number of hydrogen-bond acceptors (Lipinski definition) is 3. The molecular weight excluding hydrogens is 281 g/mol. The number of alkyl halides is 2. The Kier molecular flexibility index (Phi) is 4.85. The summed E-state index contributed by atoms with van der Waals surface area (Å²) >= 11 is 0. The summed E-state index contributed by atoms with van der Waals surface area (Å²) in [4.78, 5) is 2.08. The highest BCUT2D eigenvalue weighted by atomic mass is 19.3. The molecule has 21 heavy (non-hydrogen) atoms. The van der Waals surface area contributed by atoms with Crippen molar-refractivity contribution >= 4 is 11.4 Å². The number of benzene rings is 1. The number of nitrogens with two attached hydrogens (primary N) is 1. The highest BCUT2D eigenvalue weighted by Gasteiger charge is 2.31. The fourth-order valence-corrected chi connectivity index (χ4v) is 2.28. The number of rotatable bonds is 7. The lowest BCUT2D eigenvalue weighted by molar-refractivity contribution is -0.0521. The molecular formula is C15H21F3N2O. The first-order chi connectivity index (χ1) is 9.88. The summed E-state index contributed by atoms with van der Waals surface area (Å²) in [5, 5.41) is 0. The molecule has 1 aromatic rings. The summed E-state index contributed by atoms with van der Waals surface area (Å²) in [6.45, 7) is 1.95. The van der Waals surface area contributed by atoms with Gasteiger partial charge in [0.2, 0.25) is 0 Å². The Hall–Kier alpha value is -1.59. The first-order valence-electron chi connectivity index (χ1n) is 7.19. The minimum atomic E-state index is -3.05. The number of hydrogen-bond donors (Lipinski definition) is 1. The third-order valence-electron chi connectivity index (χ3n) is 3.54. The molecule has 1 aromatic carbocycles. The van der Waals surface area contributed by atoms with Crippen molar-refractivity contribution in [3.63, 3.8) is 0 Å². The molecule has 3 nitrogen and oxygen atoms in total. The zero-order valence-electron chi connectivity index (χ0n) is 12.3. The first-order valence-corrected chi connectivity index (χ1v) is 7.19. The van der Waals surface area contributed by atoms with Crippen molar-refractivity contribution in [1.82, 2.24) is 0 Å². The molecule has 1 saturated carbocycles. The number of nitrogens with zero attached hydrogens (tertiary/aromatic N) is 1. The summed E-state index contributed by atoms with van der Waals surface area (Å²) in [5.74, 6) is -0.801. The summed E-state index contributed by atoms with van der Waals surface area (Å²) in [5.41, 5.74) is 6.70. The van der Waals surface area contributed by atoms with E-state index in [4.69, 9.17) is 5.73 Å². The van der Waals surface area contributed by atoms with Gasteiger partial charge in [-0.15, -0.1) is 0 Å². The maximum atomic E-state index is 13.6. The zero-order valence-corrected chi connectivity index (χ0v) is 12.3. The Labute approximate surface area is 122 Å². The van der Waals surface area contributed by atoms with Gasteiger partial charge in [0, 0.05) is 24.7 Å². The van der Waals surface area contributed by atoms with Gasteiger partial charge in [-0.1, -0.05) is 13.8 Å². The lowest BCUT2D eigenvalue weighted by atomic mass is 10.1. The monoisotopic (exact) mass is 302 g/mol. The van der Waals surface area contributed by atoms with Crippen molar-refractivity contribution in [2.75, 3.05) is 17.2 Å². The van der Waals surface area contributed by atoms with Crippen molar-refractivity contribution in [2.24, 2.45) is 5.92 Å². The Balaban J connectivity index is 2.26. The zero-order chi connectivity index (χ0) is 15.6. The lowest BCUT2D eigenvalue weighted by Gasteiger charge is -2.27. The maximum Gasteiger partial charge on any atom is 0.387 e. The minimum absolute atomic E-state index is 0.254. The predicted molar refractivity (Wildman–Crippen MR) is 77.3 cm³/mol. The Morgan fingerprint density at radius 2 is 2.00 bits per heavy atom. The van der Waals surface area contributed by atoms with Crippen molar-refractivity contribution < 1.29 is 17.9 Å². The molecule has 0 atom stereocenters. The molecule has 2 rings (SSSR count). The number of nitrogen functional groups attached to an aromatic ring is 1. The number of anilines is 2. The highest BCUT2D eigenvalue weighted by Crippen LogP contribution is 2.38. The SMILES string of the molecule is CC(C)CCN(c1cc(OC(F)F)c(F)cc1N)C1CC1. The van der Waals surface area contributed by atoms with Crippen LogP contribution in [-0.4, -0.2) is 19.2 Å². The predicted octanol–water partition coefficient (Wildman–Crippen LogP) is 4.02. The average molecular weight is 302 g/mol. The Bertz CT molecular complexity index is 490. The maximum absolute atomic E-state index is 13.6. The third-order valence-corrected chi connectivity index (χ3v) is 3.54. The largest absolute Gasteiger partial charge is 0.432 e. The quantitative estimate of drug-likeness (QED) is 0.773. The second-order valence-electron chi connectivity index (χ2n) is 5.83. The second kappa shape index (κ2) is 6.45. The number of halogens is 3. The van der Waals surface area contributed by atoms with Crippen LogP contribution >= 0.6 is 0 Å². The van der Waals surface area contributed by atoms with Crippen LogP contribution in [0.3, 0.4) is 0 Å². The molecule has 0 heterocycles. The van der Waals surface area contributed by atoms with Crippen LogP contribution in [0.4, 0.5) is 24.5 Å². The van der Waals surface area contributed by atoms with E-state index in [0.29, 0.717) is 17.6 Å². The first kappa shape index (κ1) is 15.8. The van der Waals surface area contributed by atoms with E-state index >= 15 is 0 Å². The molecule has 1 aliphatic carbocycles. The van der Waals surface area contributed by atoms with Crippen LogP contribution in [0.5, 0.6) is 5.75 Å². The van der Waals surface area contributed by atoms with Gasteiger partial charge < -0.3 is 15.4 Å². The molecule has 0 radical (unpaired) electrons. The van der Waals surface area contributed by atoms with E-state index in [0.717, 1.165) is 31.9 Å². The Morgan fingerprint density at radius 3 is 2.52 bits per heavy atom. The molecule has 2 N–H and O–H groups in total. The second-order valence-corrected chi connectivity index (χ2v) is 5.83. The molecule has 0 amide bonds. The standard InChI is InChI=1S/C15H21F3N2O/c1-9(2)5-6-20(10-3-4-10)13-8-14(21-15(17)18)11(16)7-12(13)19/h7-10,15H,3-6,19H2,1-2H3. The molecule has 118 valence electrons. The van der Waals surface area contributed by atoms with Crippen molar-refractivity contribution in [3.8, 4) is 5.75 Å². The van der Waals surface area contributed by atoms with E-state index in [9.17, 15) is 13.2 Å². The molecule has 1 fully saturated rings. The normalized spacial score (nSPS) is 14.8. The van der Waals surface area contributed by atoms with Crippen molar-refractivity contribution in [3.05, 3.63) is 17.9 Å². The molecule has 1 aliphatic rings. The Morgan fingerprint density at radius 1 is 1.33 bits per heavy atom. The smallest absolute Gasteiger partial charge is 0.387 e. The third kappa shape index (κ3) is 4.19. The van der Waals surface area contributed by atoms with Gasteiger partial charge in [0.1, 0.15) is 0 Å². The van der Waals surface area contributed by atoms with E-state index < -0.39 is 18.2 Å². The van der Waals surface area contributed by atoms with Crippen LogP contribution in [0, 0.1) is 11.7 Å². The van der Waals surface area contributed by atoms with Gasteiger partial charge in [0.25, 0.3) is 0 Å². The van der Waals surface area contributed by atoms with Gasteiger partial charge >= 0.3 is 6.61 Å². The lowest BCUT2D eigenvalue weighted by Crippen LogP contribution is -2.28. The molecule has 6 heteroatoms. The van der Waals surface area contributed by atoms with Crippen molar-refractivity contribution in [1.29, 1.82) is 0 Å². The van der Waals surface area contributed by atoms with Crippen LogP contribution in [0.1, 0.15) is 33.1 Å². The highest BCUT2D eigenvalue weighted by molar-refractivity contribution is 5.71. The fourth-order valence-electron chi connectivity index (χ4n) is 2.28. The van der Waals surface area contributed by atoms with Gasteiger partial charge in [-0.2, -0.15) is 8.78 Å². The molecule has 0 saturated heterocycles.